The van der Waals surface area contributed by atoms with Crippen molar-refractivity contribution in [2.45, 2.75) is 51.0 Å². The summed E-state index contributed by atoms with van der Waals surface area (Å²) < 4.78 is 0. The minimum atomic E-state index is -0.706. The van der Waals surface area contributed by atoms with Crippen molar-refractivity contribution in [3.05, 3.63) is 11.6 Å². The first-order valence-corrected chi connectivity index (χ1v) is 6.95. The molecular weight excluding hydrogens is 220 g/mol. The molecule has 0 bridgehead atoms. The first-order valence-electron chi connectivity index (χ1n) is 6.00. The number of carboxylic acids is 1. The third-order valence-electron chi connectivity index (χ3n) is 3.28. The topological polar surface area (TPSA) is 37.3 Å². The number of aliphatic carboxylic acids is 1. The maximum absolute atomic E-state index is 10.9. The predicted molar refractivity (Wildman–Crippen MR) is 69.8 cm³/mol. The van der Waals surface area contributed by atoms with Gasteiger partial charge in [-0.2, -0.15) is 0 Å². The second-order valence-corrected chi connectivity index (χ2v) is 6.52. The molecule has 92 valence electrons. The van der Waals surface area contributed by atoms with Crippen molar-refractivity contribution in [1.29, 1.82) is 0 Å². The van der Waals surface area contributed by atoms with E-state index in [9.17, 15) is 4.79 Å². The molecular formula is C13H22O2S. The van der Waals surface area contributed by atoms with Gasteiger partial charge in [0.2, 0.25) is 0 Å². The molecule has 1 aliphatic carbocycles. The van der Waals surface area contributed by atoms with E-state index in [4.69, 9.17) is 5.11 Å². The molecule has 1 rings (SSSR count). The van der Waals surface area contributed by atoms with E-state index in [1.807, 2.05) is 0 Å². The molecule has 0 spiro atoms. The number of carbonyl (C=O) groups is 1. The van der Waals surface area contributed by atoms with Crippen LogP contribution in [0.15, 0.2) is 11.6 Å². The lowest BCUT2D eigenvalue weighted by atomic mass is 9.86. The van der Waals surface area contributed by atoms with Gasteiger partial charge in [-0.25, -0.2) is 0 Å². The monoisotopic (exact) mass is 242 g/mol. The molecule has 16 heavy (non-hydrogen) atoms. The summed E-state index contributed by atoms with van der Waals surface area (Å²) in [5, 5.41) is 8.99. The number of hydrogen-bond donors (Lipinski definition) is 1. The molecule has 0 aliphatic heterocycles. The van der Waals surface area contributed by atoms with Gasteiger partial charge < -0.3 is 5.11 Å². The zero-order valence-electron chi connectivity index (χ0n) is 10.6. The van der Waals surface area contributed by atoms with Gasteiger partial charge in [0.25, 0.3) is 0 Å². The normalized spacial score (nSPS) is 27.7. The Morgan fingerprint density at radius 3 is 2.62 bits per heavy atom. The number of allylic oxidation sites excluding steroid dienone is 1. The summed E-state index contributed by atoms with van der Waals surface area (Å²) >= 11 is 1.58. The van der Waals surface area contributed by atoms with Gasteiger partial charge >= 0.3 is 5.97 Å². The Balaban J connectivity index is 2.69. The van der Waals surface area contributed by atoms with Crippen molar-refractivity contribution in [3.8, 4) is 0 Å². The smallest absolute Gasteiger partial charge is 0.316 e. The van der Waals surface area contributed by atoms with Gasteiger partial charge in [0, 0.05) is 5.25 Å². The van der Waals surface area contributed by atoms with Crippen molar-refractivity contribution in [3.63, 3.8) is 0 Å². The summed E-state index contributed by atoms with van der Waals surface area (Å²) in [6.45, 7) is 8.42. The van der Waals surface area contributed by atoms with Gasteiger partial charge in [-0.15, -0.1) is 11.8 Å². The average molecular weight is 242 g/mol. The molecule has 0 aromatic heterocycles. The highest BCUT2D eigenvalue weighted by molar-refractivity contribution is 8.01. The third kappa shape index (κ3) is 3.55. The van der Waals surface area contributed by atoms with Crippen molar-refractivity contribution >= 4 is 17.7 Å². The molecule has 0 saturated carbocycles. The molecule has 0 aromatic carbocycles. The second-order valence-electron chi connectivity index (χ2n) is 4.99. The summed E-state index contributed by atoms with van der Waals surface area (Å²) in [6, 6.07) is 0. The van der Waals surface area contributed by atoms with E-state index in [2.05, 4.69) is 26.8 Å². The average Bonchev–Trinajstić information content (AvgIpc) is 2.20. The van der Waals surface area contributed by atoms with Crippen molar-refractivity contribution < 1.29 is 9.90 Å². The summed E-state index contributed by atoms with van der Waals surface area (Å²) in [6.07, 6.45) is 4.67. The molecule has 2 nitrogen and oxygen atoms in total. The number of hydrogen-bond acceptors (Lipinski definition) is 2. The molecule has 0 saturated heterocycles. The Kier molecular flexibility index (Phi) is 4.90. The lowest BCUT2D eigenvalue weighted by Gasteiger charge is -2.29. The molecule has 3 atom stereocenters. The van der Waals surface area contributed by atoms with Crippen LogP contribution >= 0.6 is 11.8 Å². The largest absolute Gasteiger partial charge is 0.480 e. The van der Waals surface area contributed by atoms with Crippen molar-refractivity contribution in [2.75, 3.05) is 0 Å². The summed E-state index contributed by atoms with van der Waals surface area (Å²) in [4.78, 5) is 10.9. The highest BCUT2D eigenvalue weighted by atomic mass is 32.2. The second kappa shape index (κ2) is 5.76. The zero-order valence-corrected chi connectivity index (χ0v) is 11.4. The third-order valence-corrected chi connectivity index (χ3v) is 4.80. The van der Waals surface area contributed by atoms with Crippen molar-refractivity contribution in [2.24, 2.45) is 11.8 Å². The van der Waals surface area contributed by atoms with Crippen LogP contribution in [0.25, 0.3) is 0 Å². The Bertz CT molecular complexity index is 284. The Morgan fingerprint density at radius 1 is 1.50 bits per heavy atom. The fourth-order valence-electron chi connectivity index (χ4n) is 1.97. The summed E-state index contributed by atoms with van der Waals surface area (Å²) in [5.74, 6) is 0.479. The van der Waals surface area contributed by atoms with E-state index in [-0.39, 0.29) is 5.25 Å². The molecule has 1 N–H and O–H groups in total. The van der Waals surface area contributed by atoms with Crippen LogP contribution in [0.2, 0.25) is 0 Å². The van der Waals surface area contributed by atoms with E-state index < -0.39 is 5.97 Å². The van der Waals surface area contributed by atoms with Crippen LogP contribution in [-0.2, 0) is 4.79 Å². The van der Waals surface area contributed by atoms with Gasteiger partial charge in [-0.3, -0.25) is 4.79 Å². The van der Waals surface area contributed by atoms with Crippen LogP contribution in [0.4, 0.5) is 0 Å². The lowest BCUT2D eigenvalue weighted by Crippen LogP contribution is -2.24. The Morgan fingerprint density at radius 2 is 2.12 bits per heavy atom. The molecule has 0 amide bonds. The molecule has 1 aliphatic rings. The molecule has 0 fully saturated rings. The van der Waals surface area contributed by atoms with Gasteiger partial charge in [0.1, 0.15) is 0 Å². The molecule has 3 heteroatoms. The number of rotatable bonds is 4. The van der Waals surface area contributed by atoms with E-state index in [0.29, 0.717) is 17.1 Å². The first-order chi connectivity index (χ1) is 7.41. The minimum Gasteiger partial charge on any atom is -0.480 e. The van der Waals surface area contributed by atoms with Gasteiger partial charge in [0.15, 0.2) is 0 Å². The minimum absolute atomic E-state index is 0.310. The first kappa shape index (κ1) is 13.6. The fourth-order valence-corrected chi connectivity index (χ4v) is 3.21. The van der Waals surface area contributed by atoms with Crippen LogP contribution in [0, 0.1) is 11.8 Å². The molecule has 0 radical (unpaired) electrons. The Hall–Kier alpha value is -0.440. The molecule has 0 aromatic rings. The maximum atomic E-state index is 10.9. The highest BCUT2D eigenvalue weighted by Gasteiger charge is 2.26. The van der Waals surface area contributed by atoms with Crippen molar-refractivity contribution in [1.82, 2.24) is 0 Å². The fraction of sp³-hybridized carbons (Fsp3) is 0.769. The predicted octanol–water partition coefficient (Wildman–Crippen LogP) is 3.57. The van der Waals surface area contributed by atoms with E-state index in [0.717, 1.165) is 0 Å². The number of carboxylic acid groups (broad SMARTS) is 1. The molecule has 0 heterocycles. The van der Waals surface area contributed by atoms with Crippen LogP contribution in [0.5, 0.6) is 0 Å². The lowest BCUT2D eigenvalue weighted by molar-refractivity contribution is -0.136. The highest BCUT2D eigenvalue weighted by Crippen LogP contribution is 2.36. The summed E-state index contributed by atoms with van der Waals surface area (Å²) in [7, 11) is 0. The Labute approximate surface area is 103 Å². The van der Waals surface area contributed by atoms with Gasteiger partial charge in [-0.1, -0.05) is 32.4 Å². The number of thioether (sulfide) groups is 1. The van der Waals surface area contributed by atoms with E-state index in [1.165, 1.54) is 18.4 Å². The summed E-state index contributed by atoms with van der Waals surface area (Å²) in [5.41, 5.74) is 1.49. The van der Waals surface area contributed by atoms with Gasteiger partial charge in [-0.05, 0) is 31.6 Å². The van der Waals surface area contributed by atoms with Gasteiger partial charge in [0.05, 0.1) is 5.25 Å². The van der Waals surface area contributed by atoms with Crippen LogP contribution < -0.4 is 0 Å². The van der Waals surface area contributed by atoms with Crippen LogP contribution in [-0.4, -0.2) is 21.6 Å². The molecule has 3 unspecified atom stereocenters. The van der Waals surface area contributed by atoms with Crippen LogP contribution in [0.3, 0.4) is 0 Å². The quantitative estimate of drug-likeness (QED) is 0.766. The van der Waals surface area contributed by atoms with E-state index >= 15 is 0 Å². The maximum Gasteiger partial charge on any atom is 0.316 e. The van der Waals surface area contributed by atoms with E-state index in [1.54, 1.807) is 18.7 Å². The SMILES string of the molecule is CC(C)C1=CC(SC(C)C(=O)O)C(C)CC1. The zero-order chi connectivity index (χ0) is 12.3. The standard InChI is InChI=1S/C13H22O2S/c1-8(2)11-6-5-9(3)12(7-11)16-10(4)13(14)15/h7-10,12H,5-6H2,1-4H3,(H,14,15). The van der Waals surface area contributed by atoms with Crippen LogP contribution in [0.1, 0.15) is 40.5 Å².